The standard InChI is InChI=1S/C15H21NO4S/c1-3-20-14-6-4-13(5-7-14)15(17)10-16-8-9-21(18,19)11-12(16)2/h4-7,12H,3,8-11H2,1-2H3. The molecule has 1 aliphatic rings. The Balaban J connectivity index is 1.98. The third-order valence-corrected chi connectivity index (χ3v) is 5.44. The van der Waals surface area contributed by atoms with E-state index in [0.717, 1.165) is 5.75 Å². The summed E-state index contributed by atoms with van der Waals surface area (Å²) in [5.41, 5.74) is 0.624. The van der Waals surface area contributed by atoms with Crippen molar-refractivity contribution in [1.82, 2.24) is 4.90 Å². The number of rotatable bonds is 5. The molecule has 0 spiro atoms. The molecule has 1 fully saturated rings. The van der Waals surface area contributed by atoms with Crippen molar-refractivity contribution in [2.45, 2.75) is 19.9 Å². The van der Waals surface area contributed by atoms with Crippen LogP contribution in [0, 0.1) is 0 Å². The van der Waals surface area contributed by atoms with E-state index in [-0.39, 0.29) is 29.9 Å². The van der Waals surface area contributed by atoms with Crippen molar-refractivity contribution in [2.24, 2.45) is 0 Å². The van der Waals surface area contributed by atoms with Crippen molar-refractivity contribution in [2.75, 3.05) is 31.2 Å². The van der Waals surface area contributed by atoms with E-state index in [4.69, 9.17) is 4.74 Å². The average molecular weight is 311 g/mol. The van der Waals surface area contributed by atoms with Crippen LogP contribution in [0.1, 0.15) is 24.2 Å². The van der Waals surface area contributed by atoms with Crippen LogP contribution < -0.4 is 4.74 Å². The van der Waals surface area contributed by atoms with Gasteiger partial charge in [-0.3, -0.25) is 9.69 Å². The van der Waals surface area contributed by atoms with Gasteiger partial charge in [0.15, 0.2) is 15.6 Å². The Hall–Kier alpha value is -1.40. The van der Waals surface area contributed by atoms with Crippen molar-refractivity contribution in [1.29, 1.82) is 0 Å². The summed E-state index contributed by atoms with van der Waals surface area (Å²) in [6, 6.07) is 6.94. The molecule has 0 aromatic heterocycles. The maximum atomic E-state index is 12.3. The minimum absolute atomic E-state index is 0.00389. The van der Waals surface area contributed by atoms with Gasteiger partial charge in [-0.25, -0.2) is 8.42 Å². The lowest BCUT2D eigenvalue weighted by atomic mass is 10.1. The summed E-state index contributed by atoms with van der Waals surface area (Å²) in [6.45, 7) is 5.02. The number of ketones is 1. The van der Waals surface area contributed by atoms with Gasteiger partial charge in [-0.1, -0.05) is 0 Å². The lowest BCUT2D eigenvalue weighted by Crippen LogP contribution is -2.48. The number of ether oxygens (including phenoxy) is 1. The molecule has 0 bridgehead atoms. The van der Waals surface area contributed by atoms with E-state index < -0.39 is 9.84 Å². The first-order chi connectivity index (χ1) is 9.91. The van der Waals surface area contributed by atoms with Crippen LogP contribution in [0.4, 0.5) is 0 Å². The van der Waals surface area contributed by atoms with E-state index in [9.17, 15) is 13.2 Å². The van der Waals surface area contributed by atoms with Crippen molar-refractivity contribution in [3.63, 3.8) is 0 Å². The highest BCUT2D eigenvalue weighted by Gasteiger charge is 2.29. The zero-order valence-corrected chi connectivity index (χ0v) is 13.2. The van der Waals surface area contributed by atoms with Crippen LogP contribution in [0.15, 0.2) is 24.3 Å². The molecule has 0 N–H and O–H groups in total. The van der Waals surface area contributed by atoms with Gasteiger partial charge in [-0.2, -0.15) is 0 Å². The summed E-state index contributed by atoms with van der Waals surface area (Å²) in [7, 11) is -2.95. The van der Waals surface area contributed by atoms with Crippen molar-refractivity contribution in [3.05, 3.63) is 29.8 Å². The Kier molecular flexibility index (Phi) is 5.00. The molecule has 2 rings (SSSR count). The fraction of sp³-hybridized carbons (Fsp3) is 0.533. The fourth-order valence-corrected chi connectivity index (χ4v) is 4.07. The SMILES string of the molecule is CCOc1ccc(C(=O)CN2CCS(=O)(=O)CC2C)cc1. The molecule has 1 heterocycles. The molecule has 1 unspecified atom stereocenters. The molecule has 116 valence electrons. The van der Waals surface area contributed by atoms with Crippen LogP contribution in [0.3, 0.4) is 0 Å². The first-order valence-corrected chi connectivity index (χ1v) is 8.94. The molecule has 1 aromatic rings. The average Bonchev–Trinajstić information content (AvgIpc) is 2.42. The summed E-state index contributed by atoms with van der Waals surface area (Å²) >= 11 is 0. The highest BCUT2D eigenvalue weighted by atomic mass is 32.2. The van der Waals surface area contributed by atoms with Crippen molar-refractivity contribution in [3.8, 4) is 5.75 Å². The second-order valence-corrected chi connectivity index (χ2v) is 7.54. The Bertz CT molecular complexity index is 595. The van der Waals surface area contributed by atoms with Crippen molar-refractivity contribution >= 4 is 15.6 Å². The van der Waals surface area contributed by atoms with Crippen LogP contribution in [-0.4, -0.2) is 56.3 Å². The molecule has 1 aliphatic heterocycles. The molecule has 1 aromatic carbocycles. The van der Waals surface area contributed by atoms with E-state index in [0.29, 0.717) is 18.7 Å². The van der Waals surface area contributed by atoms with Crippen LogP contribution in [0.25, 0.3) is 0 Å². The van der Waals surface area contributed by atoms with Gasteiger partial charge in [0, 0.05) is 18.2 Å². The first kappa shape index (κ1) is 16.0. The minimum atomic E-state index is -2.95. The van der Waals surface area contributed by atoms with Gasteiger partial charge in [0.25, 0.3) is 0 Å². The normalized spacial score (nSPS) is 21.9. The third-order valence-electron chi connectivity index (χ3n) is 3.64. The number of benzene rings is 1. The van der Waals surface area contributed by atoms with Crippen LogP contribution >= 0.6 is 0 Å². The molecule has 6 heteroatoms. The zero-order chi connectivity index (χ0) is 15.5. The summed E-state index contributed by atoms with van der Waals surface area (Å²) in [5.74, 6) is 1.01. The summed E-state index contributed by atoms with van der Waals surface area (Å²) in [6.07, 6.45) is 0. The van der Waals surface area contributed by atoms with E-state index in [2.05, 4.69) is 0 Å². The van der Waals surface area contributed by atoms with E-state index in [1.807, 2.05) is 18.7 Å². The van der Waals surface area contributed by atoms with Crippen LogP contribution in [0.5, 0.6) is 5.75 Å². The first-order valence-electron chi connectivity index (χ1n) is 7.12. The predicted octanol–water partition coefficient (Wildman–Crippen LogP) is 1.39. The smallest absolute Gasteiger partial charge is 0.176 e. The van der Waals surface area contributed by atoms with Gasteiger partial charge < -0.3 is 4.74 Å². The van der Waals surface area contributed by atoms with Gasteiger partial charge in [-0.05, 0) is 38.1 Å². The topological polar surface area (TPSA) is 63.7 Å². The summed E-state index contributed by atoms with van der Waals surface area (Å²) in [4.78, 5) is 14.2. The number of hydrogen-bond donors (Lipinski definition) is 0. The van der Waals surface area contributed by atoms with Crippen LogP contribution in [0.2, 0.25) is 0 Å². The Morgan fingerprint density at radius 2 is 2.00 bits per heavy atom. The highest BCUT2D eigenvalue weighted by Crippen LogP contribution is 2.15. The molecule has 21 heavy (non-hydrogen) atoms. The van der Waals surface area contributed by atoms with E-state index >= 15 is 0 Å². The minimum Gasteiger partial charge on any atom is -0.494 e. The molecular weight excluding hydrogens is 290 g/mol. The Morgan fingerprint density at radius 3 is 2.57 bits per heavy atom. The van der Waals surface area contributed by atoms with Gasteiger partial charge in [0.1, 0.15) is 5.75 Å². The molecule has 0 radical (unpaired) electrons. The van der Waals surface area contributed by atoms with E-state index in [1.165, 1.54) is 0 Å². The zero-order valence-electron chi connectivity index (χ0n) is 12.4. The summed E-state index contributed by atoms with van der Waals surface area (Å²) in [5, 5.41) is 0. The van der Waals surface area contributed by atoms with Crippen LogP contribution in [-0.2, 0) is 9.84 Å². The van der Waals surface area contributed by atoms with Gasteiger partial charge in [0.05, 0.1) is 24.7 Å². The number of Topliss-reactive ketones (excluding diaryl/α,β-unsaturated/α-hetero) is 1. The highest BCUT2D eigenvalue weighted by molar-refractivity contribution is 7.91. The lowest BCUT2D eigenvalue weighted by Gasteiger charge is -2.32. The molecular formula is C15H21NO4S. The monoisotopic (exact) mass is 311 g/mol. The second-order valence-electron chi connectivity index (χ2n) is 5.31. The molecule has 1 atom stereocenters. The number of sulfone groups is 1. The molecule has 0 aliphatic carbocycles. The van der Waals surface area contributed by atoms with Gasteiger partial charge >= 0.3 is 0 Å². The lowest BCUT2D eigenvalue weighted by molar-refractivity contribution is 0.0908. The largest absolute Gasteiger partial charge is 0.494 e. The Labute approximate surface area is 125 Å². The van der Waals surface area contributed by atoms with E-state index in [1.54, 1.807) is 24.3 Å². The molecule has 0 amide bonds. The van der Waals surface area contributed by atoms with Gasteiger partial charge in [-0.15, -0.1) is 0 Å². The maximum absolute atomic E-state index is 12.3. The molecule has 1 saturated heterocycles. The third kappa shape index (κ3) is 4.28. The number of nitrogens with zero attached hydrogens (tertiary/aromatic N) is 1. The maximum Gasteiger partial charge on any atom is 0.176 e. The van der Waals surface area contributed by atoms with Crippen molar-refractivity contribution < 1.29 is 17.9 Å². The Morgan fingerprint density at radius 1 is 1.33 bits per heavy atom. The fourth-order valence-electron chi connectivity index (χ4n) is 2.45. The number of carbonyl (C=O) groups is 1. The molecule has 5 nitrogen and oxygen atoms in total. The summed E-state index contributed by atoms with van der Waals surface area (Å²) < 4.78 is 28.4. The quantitative estimate of drug-likeness (QED) is 0.769. The molecule has 0 saturated carbocycles. The van der Waals surface area contributed by atoms with Gasteiger partial charge in [0.2, 0.25) is 0 Å². The number of carbonyl (C=O) groups excluding carboxylic acids is 1. The number of hydrogen-bond acceptors (Lipinski definition) is 5. The second kappa shape index (κ2) is 6.58. The predicted molar refractivity (Wildman–Crippen MR) is 81.6 cm³/mol.